The number of nitrogens with two attached hydrogens (primary N) is 1. The van der Waals surface area contributed by atoms with Crippen LogP contribution in [0.2, 0.25) is 0 Å². The average molecular weight is 335 g/mol. The Balaban J connectivity index is 2.57. The van der Waals surface area contributed by atoms with E-state index in [2.05, 4.69) is 5.32 Å². The van der Waals surface area contributed by atoms with E-state index in [-0.39, 0.29) is 30.8 Å². The molecule has 0 aliphatic heterocycles. The minimum atomic E-state index is -0.761. The maximum atomic E-state index is 12.3. The molecule has 6 nitrogen and oxygen atoms in total. The number of amides is 2. The first-order valence-electron chi connectivity index (χ1n) is 8.32. The second-order valence-electron chi connectivity index (χ2n) is 6.35. The molecule has 24 heavy (non-hydrogen) atoms. The van der Waals surface area contributed by atoms with E-state index in [0.717, 1.165) is 11.1 Å². The summed E-state index contributed by atoms with van der Waals surface area (Å²) in [6.07, 6.45) is -0.761. The molecule has 0 radical (unpaired) electrons. The first kappa shape index (κ1) is 20.1. The van der Waals surface area contributed by atoms with Crippen LogP contribution in [-0.4, -0.2) is 47.5 Å². The van der Waals surface area contributed by atoms with E-state index >= 15 is 0 Å². The second kappa shape index (κ2) is 9.39. The molecule has 2 atom stereocenters. The van der Waals surface area contributed by atoms with Gasteiger partial charge < -0.3 is 21.1 Å². The monoisotopic (exact) mass is 335 g/mol. The van der Waals surface area contributed by atoms with Gasteiger partial charge in [-0.25, -0.2) is 0 Å². The van der Waals surface area contributed by atoms with Crippen molar-refractivity contribution >= 4 is 11.8 Å². The molecule has 6 heteroatoms. The van der Waals surface area contributed by atoms with E-state index in [1.807, 2.05) is 52.0 Å². The summed E-state index contributed by atoms with van der Waals surface area (Å²) in [5, 5.41) is 12.9. The predicted molar refractivity (Wildman–Crippen MR) is 94.2 cm³/mol. The quantitative estimate of drug-likeness (QED) is 0.660. The Bertz CT molecular complexity index is 543. The third-order valence-corrected chi connectivity index (χ3v) is 4.02. The smallest absolute Gasteiger partial charge is 0.242 e. The standard InChI is InChI=1S/C18H29N3O3/c1-5-21(11-15(22)14-8-6-13(4)7-9-14)16(23)10-20-18(24)17(19)12(2)3/h6-9,12,15,17,22H,5,10-11,19H2,1-4H3,(H,20,24)/t15?,17-/m0/s1. The van der Waals surface area contributed by atoms with Gasteiger partial charge in [-0.1, -0.05) is 43.7 Å². The van der Waals surface area contributed by atoms with Crippen LogP contribution < -0.4 is 11.1 Å². The van der Waals surface area contributed by atoms with Crippen molar-refractivity contribution in [3.8, 4) is 0 Å². The second-order valence-corrected chi connectivity index (χ2v) is 6.35. The van der Waals surface area contributed by atoms with Gasteiger partial charge in [-0.3, -0.25) is 9.59 Å². The Morgan fingerprint density at radius 3 is 2.33 bits per heavy atom. The zero-order valence-electron chi connectivity index (χ0n) is 15.0. The van der Waals surface area contributed by atoms with E-state index in [0.29, 0.717) is 6.54 Å². The lowest BCUT2D eigenvalue weighted by atomic mass is 10.1. The summed E-state index contributed by atoms with van der Waals surface area (Å²) in [5.41, 5.74) is 7.62. The van der Waals surface area contributed by atoms with Crippen LogP contribution in [0, 0.1) is 12.8 Å². The first-order valence-corrected chi connectivity index (χ1v) is 8.32. The largest absolute Gasteiger partial charge is 0.387 e. The number of benzene rings is 1. The molecule has 1 aromatic rings. The van der Waals surface area contributed by atoms with Gasteiger partial charge in [0.25, 0.3) is 0 Å². The molecule has 2 amide bonds. The summed E-state index contributed by atoms with van der Waals surface area (Å²) < 4.78 is 0. The van der Waals surface area contributed by atoms with Crippen molar-refractivity contribution in [2.45, 2.75) is 39.8 Å². The fourth-order valence-corrected chi connectivity index (χ4v) is 2.21. The number of rotatable bonds is 8. The molecular weight excluding hydrogens is 306 g/mol. The molecule has 0 spiro atoms. The van der Waals surface area contributed by atoms with Gasteiger partial charge in [0.2, 0.25) is 11.8 Å². The van der Waals surface area contributed by atoms with E-state index in [1.54, 1.807) is 0 Å². The summed E-state index contributed by atoms with van der Waals surface area (Å²) in [6, 6.07) is 6.91. The lowest BCUT2D eigenvalue weighted by Gasteiger charge is -2.25. The Hall–Kier alpha value is -1.92. The first-order chi connectivity index (χ1) is 11.3. The summed E-state index contributed by atoms with van der Waals surface area (Å²) in [4.78, 5) is 25.6. The topological polar surface area (TPSA) is 95.7 Å². The molecule has 0 saturated carbocycles. The number of carbonyl (C=O) groups is 2. The zero-order chi connectivity index (χ0) is 18.3. The van der Waals surface area contributed by atoms with Crippen LogP contribution in [-0.2, 0) is 9.59 Å². The number of likely N-dealkylation sites (N-methyl/N-ethyl adjacent to an activating group) is 1. The molecule has 0 saturated heterocycles. The molecule has 1 unspecified atom stereocenters. The van der Waals surface area contributed by atoms with Crippen molar-refractivity contribution in [1.82, 2.24) is 10.2 Å². The number of hydrogen-bond donors (Lipinski definition) is 3. The summed E-state index contributed by atoms with van der Waals surface area (Å²) in [6.45, 7) is 8.03. The van der Waals surface area contributed by atoms with Crippen LogP contribution in [0.3, 0.4) is 0 Å². The average Bonchev–Trinajstić information content (AvgIpc) is 2.56. The van der Waals surface area contributed by atoms with Gasteiger partial charge in [0.15, 0.2) is 0 Å². The van der Waals surface area contributed by atoms with Crippen LogP contribution in [0.4, 0.5) is 0 Å². The fraction of sp³-hybridized carbons (Fsp3) is 0.556. The molecule has 0 heterocycles. The third kappa shape index (κ3) is 5.94. The number of hydrogen-bond acceptors (Lipinski definition) is 4. The Kier molecular flexibility index (Phi) is 7.88. The minimum Gasteiger partial charge on any atom is -0.387 e. The number of aryl methyl sites for hydroxylation is 1. The zero-order valence-corrected chi connectivity index (χ0v) is 15.0. The summed E-state index contributed by atoms with van der Waals surface area (Å²) in [7, 11) is 0. The van der Waals surface area contributed by atoms with Gasteiger partial charge in [0.05, 0.1) is 25.2 Å². The van der Waals surface area contributed by atoms with E-state index in [1.165, 1.54) is 4.90 Å². The van der Waals surface area contributed by atoms with Crippen molar-refractivity contribution in [3.63, 3.8) is 0 Å². The number of nitrogens with zero attached hydrogens (tertiary/aromatic N) is 1. The molecule has 134 valence electrons. The number of aliphatic hydroxyl groups excluding tert-OH is 1. The highest BCUT2D eigenvalue weighted by Gasteiger charge is 2.21. The highest BCUT2D eigenvalue weighted by molar-refractivity contribution is 5.87. The third-order valence-electron chi connectivity index (χ3n) is 4.02. The molecule has 0 aliphatic rings. The lowest BCUT2D eigenvalue weighted by Crippen LogP contribution is -2.48. The van der Waals surface area contributed by atoms with Crippen molar-refractivity contribution < 1.29 is 14.7 Å². The van der Waals surface area contributed by atoms with Crippen LogP contribution in [0.1, 0.15) is 38.0 Å². The lowest BCUT2D eigenvalue weighted by molar-refractivity contribution is -0.134. The van der Waals surface area contributed by atoms with Gasteiger partial charge in [0.1, 0.15) is 0 Å². The normalized spacial score (nSPS) is 13.5. The Labute approximate surface area is 144 Å². The molecule has 0 aliphatic carbocycles. The van der Waals surface area contributed by atoms with Crippen LogP contribution >= 0.6 is 0 Å². The van der Waals surface area contributed by atoms with Crippen LogP contribution in [0.5, 0.6) is 0 Å². The minimum absolute atomic E-state index is 0.00531. The summed E-state index contributed by atoms with van der Waals surface area (Å²) >= 11 is 0. The maximum absolute atomic E-state index is 12.3. The van der Waals surface area contributed by atoms with Gasteiger partial charge in [0, 0.05) is 6.54 Å². The Morgan fingerprint density at radius 1 is 1.25 bits per heavy atom. The number of nitrogens with one attached hydrogen (secondary N) is 1. The SMILES string of the molecule is CCN(CC(O)c1ccc(C)cc1)C(=O)CNC(=O)[C@@H](N)C(C)C. The molecule has 1 rings (SSSR count). The van der Waals surface area contributed by atoms with Gasteiger partial charge >= 0.3 is 0 Å². The van der Waals surface area contributed by atoms with Gasteiger partial charge in [-0.2, -0.15) is 0 Å². The van der Waals surface area contributed by atoms with E-state index in [9.17, 15) is 14.7 Å². The molecule has 0 aromatic heterocycles. The van der Waals surface area contributed by atoms with Crippen molar-refractivity contribution in [3.05, 3.63) is 35.4 Å². The van der Waals surface area contributed by atoms with Crippen molar-refractivity contribution in [2.24, 2.45) is 11.7 Å². The summed E-state index contributed by atoms with van der Waals surface area (Å²) in [5.74, 6) is -0.577. The number of aliphatic hydroxyl groups is 1. The molecule has 1 aromatic carbocycles. The van der Waals surface area contributed by atoms with E-state index < -0.39 is 12.1 Å². The highest BCUT2D eigenvalue weighted by Crippen LogP contribution is 2.15. The molecule has 4 N–H and O–H groups in total. The van der Waals surface area contributed by atoms with Crippen molar-refractivity contribution in [1.29, 1.82) is 0 Å². The highest BCUT2D eigenvalue weighted by atomic mass is 16.3. The number of carbonyl (C=O) groups excluding carboxylic acids is 2. The van der Waals surface area contributed by atoms with Crippen LogP contribution in [0.15, 0.2) is 24.3 Å². The fourth-order valence-electron chi connectivity index (χ4n) is 2.21. The Morgan fingerprint density at radius 2 is 1.83 bits per heavy atom. The predicted octanol–water partition coefficient (Wildman–Crippen LogP) is 0.976. The van der Waals surface area contributed by atoms with Crippen molar-refractivity contribution in [2.75, 3.05) is 19.6 Å². The van der Waals surface area contributed by atoms with Gasteiger partial charge in [-0.05, 0) is 25.3 Å². The van der Waals surface area contributed by atoms with Crippen LogP contribution in [0.25, 0.3) is 0 Å². The molecular formula is C18H29N3O3. The maximum Gasteiger partial charge on any atom is 0.242 e. The van der Waals surface area contributed by atoms with E-state index in [4.69, 9.17) is 5.73 Å². The molecule has 0 bridgehead atoms. The van der Waals surface area contributed by atoms with Gasteiger partial charge in [-0.15, -0.1) is 0 Å². The molecule has 0 fully saturated rings.